The van der Waals surface area contributed by atoms with Crippen molar-refractivity contribution in [3.8, 4) is 0 Å². The molecule has 5 nitrogen and oxygen atoms in total. The van der Waals surface area contributed by atoms with Gasteiger partial charge in [0, 0.05) is 37.6 Å². The van der Waals surface area contributed by atoms with Gasteiger partial charge in [0.05, 0.1) is 18.2 Å². The molecular weight excluding hydrogens is 266 g/mol. The molecule has 0 aromatic carbocycles. The molecule has 1 aliphatic carbocycles. The molecule has 0 aromatic rings. The van der Waals surface area contributed by atoms with Crippen molar-refractivity contribution >= 4 is 5.96 Å². The highest BCUT2D eigenvalue weighted by molar-refractivity contribution is 5.80. The van der Waals surface area contributed by atoms with Gasteiger partial charge in [0.2, 0.25) is 0 Å². The summed E-state index contributed by atoms with van der Waals surface area (Å²) in [5.41, 5.74) is -0.0788. The van der Waals surface area contributed by atoms with Crippen molar-refractivity contribution < 1.29 is 9.47 Å². The number of fused-ring (bicyclic) bond motifs is 1. The molecule has 3 unspecified atom stereocenters. The van der Waals surface area contributed by atoms with E-state index in [4.69, 9.17) is 9.47 Å². The van der Waals surface area contributed by atoms with Gasteiger partial charge in [-0.3, -0.25) is 4.99 Å². The standard InChI is InChI=1S/C16H31N3O2/c1-7-17-14(18-10-15(2,3)20-6)19-12-11-8-9-21-13(11)16(12,4)5/h11-13H,7-10H2,1-6H3,(H2,17,18,19). The topological polar surface area (TPSA) is 54.9 Å². The van der Waals surface area contributed by atoms with Gasteiger partial charge in [-0.25, -0.2) is 0 Å². The molecule has 0 radical (unpaired) electrons. The molecule has 1 aliphatic heterocycles. The Morgan fingerprint density at radius 3 is 2.76 bits per heavy atom. The van der Waals surface area contributed by atoms with Crippen LogP contribution in [0.5, 0.6) is 0 Å². The molecule has 2 rings (SSSR count). The molecule has 0 aromatic heterocycles. The first-order chi connectivity index (χ1) is 9.81. The smallest absolute Gasteiger partial charge is 0.191 e. The quantitative estimate of drug-likeness (QED) is 0.600. The average molecular weight is 297 g/mol. The summed E-state index contributed by atoms with van der Waals surface area (Å²) in [5, 5.41) is 6.95. The first kappa shape index (κ1) is 16.6. The zero-order valence-corrected chi connectivity index (χ0v) is 14.3. The summed E-state index contributed by atoms with van der Waals surface area (Å²) in [5.74, 6) is 1.49. The SMILES string of the molecule is CCNC(=NCC(C)(C)OC)NC1C2CCOC2C1(C)C. The lowest BCUT2D eigenvalue weighted by Crippen LogP contribution is -2.68. The fraction of sp³-hybridized carbons (Fsp3) is 0.938. The minimum Gasteiger partial charge on any atom is -0.377 e. The van der Waals surface area contributed by atoms with Gasteiger partial charge in [-0.1, -0.05) is 13.8 Å². The van der Waals surface area contributed by atoms with Gasteiger partial charge in [-0.2, -0.15) is 0 Å². The van der Waals surface area contributed by atoms with Crippen molar-refractivity contribution in [2.24, 2.45) is 16.3 Å². The van der Waals surface area contributed by atoms with Gasteiger partial charge < -0.3 is 20.1 Å². The van der Waals surface area contributed by atoms with Crippen LogP contribution in [-0.2, 0) is 9.47 Å². The molecule has 21 heavy (non-hydrogen) atoms. The van der Waals surface area contributed by atoms with Crippen molar-refractivity contribution in [3.63, 3.8) is 0 Å². The van der Waals surface area contributed by atoms with E-state index >= 15 is 0 Å². The fourth-order valence-corrected chi connectivity index (χ4v) is 3.42. The molecule has 3 atom stereocenters. The van der Waals surface area contributed by atoms with E-state index < -0.39 is 0 Å². The van der Waals surface area contributed by atoms with Gasteiger partial charge in [0.25, 0.3) is 0 Å². The van der Waals surface area contributed by atoms with Crippen LogP contribution in [0.15, 0.2) is 4.99 Å². The predicted molar refractivity (Wildman–Crippen MR) is 85.6 cm³/mol. The van der Waals surface area contributed by atoms with E-state index in [1.807, 2.05) is 13.8 Å². The Hall–Kier alpha value is -0.810. The highest BCUT2D eigenvalue weighted by Crippen LogP contribution is 2.52. The van der Waals surface area contributed by atoms with Crippen molar-refractivity contribution in [1.82, 2.24) is 10.6 Å². The number of rotatable bonds is 5. The third-order valence-corrected chi connectivity index (χ3v) is 4.91. The summed E-state index contributed by atoms with van der Waals surface area (Å²) >= 11 is 0. The van der Waals surface area contributed by atoms with Crippen LogP contribution in [0.4, 0.5) is 0 Å². The molecular formula is C16H31N3O2. The highest BCUT2D eigenvalue weighted by Gasteiger charge is 2.59. The van der Waals surface area contributed by atoms with Crippen molar-refractivity contribution in [3.05, 3.63) is 0 Å². The zero-order valence-electron chi connectivity index (χ0n) is 14.3. The van der Waals surface area contributed by atoms with Crippen LogP contribution in [0.2, 0.25) is 0 Å². The second-order valence-electron chi connectivity index (χ2n) is 7.35. The molecule has 0 spiro atoms. The molecule has 1 saturated heterocycles. The summed E-state index contributed by atoms with van der Waals surface area (Å²) < 4.78 is 11.3. The van der Waals surface area contributed by atoms with Crippen LogP contribution >= 0.6 is 0 Å². The molecule has 2 aliphatic rings. The van der Waals surface area contributed by atoms with Crippen molar-refractivity contribution in [2.45, 2.75) is 58.8 Å². The molecule has 1 saturated carbocycles. The van der Waals surface area contributed by atoms with Crippen molar-refractivity contribution in [2.75, 3.05) is 26.8 Å². The summed E-state index contributed by atoms with van der Waals surface area (Å²) in [7, 11) is 1.73. The first-order valence-corrected chi connectivity index (χ1v) is 8.03. The number of nitrogens with zero attached hydrogens (tertiary/aromatic N) is 1. The number of aliphatic imine (C=N–C) groups is 1. The Kier molecular flexibility index (Phi) is 4.83. The van der Waals surface area contributed by atoms with E-state index in [-0.39, 0.29) is 11.0 Å². The predicted octanol–water partition coefficient (Wildman–Crippen LogP) is 1.78. The van der Waals surface area contributed by atoms with Crippen LogP contribution in [0, 0.1) is 11.3 Å². The van der Waals surface area contributed by atoms with Crippen LogP contribution < -0.4 is 10.6 Å². The van der Waals surface area contributed by atoms with Crippen molar-refractivity contribution in [1.29, 1.82) is 0 Å². The zero-order chi connectivity index (χ0) is 15.7. The van der Waals surface area contributed by atoms with Gasteiger partial charge >= 0.3 is 0 Å². The minimum atomic E-state index is -0.240. The Labute approximate surface area is 128 Å². The summed E-state index contributed by atoms with van der Waals surface area (Å²) in [6.45, 7) is 13.1. The molecule has 5 heteroatoms. The van der Waals surface area contributed by atoms with Crippen LogP contribution in [0.25, 0.3) is 0 Å². The number of nitrogens with one attached hydrogen (secondary N) is 2. The molecule has 0 bridgehead atoms. The van der Waals surface area contributed by atoms with Gasteiger partial charge in [0.1, 0.15) is 0 Å². The summed E-state index contributed by atoms with van der Waals surface area (Å²) in [6, 6.07) is 0.424. The maximum Gasteiger partial charge on any atom is 0.191 e. The molecule has 1 heterocycles. The van der Waals surface area contributed by atoms with E-state index in [0.29, 0.717) is 24.6 Å². The van der Waals surface area contributed by atoms with E-state index in [2.05, 4.69) is 36.4 Å². The van der Waals surface area contributed by atoms with Crippen LogP contribution in [0.1, 0.15) is 41.0 Å². The number of guanidine groups is 1. The second kappa shape index (κ2) is 6.13. The first-order valence-electron chi connectivity index (χ1n) is 8.03. The fourth-order valence-electron chi connectivity index (χ4n) is 3.42. The van der Waals surface area contributed by atoms with Crippen LogP contribution in [0.3, 0.4) is 0 Å². The number of hydrogen-bond acceptors (Lipinski definition) is 3. The Morgan fingerprint density at radius 2 is 2.14 bits per heavy atom. The molecule has 2 fully saturated rings. The summed E-state index contributed by atoms with van der Waals surface area (Å²) in [4.78, 5) is 4.69. The minimum absolute atomic E-state index is 0.161. The van der Waals surface area contributed by atoms with E-state index in [1.165, 1.54) is 0 Å². The maximum absolute atomic E-state index is 5.85. The van der Waals surface area contributed by atoms with Gasteiger partial charge in [0.15, 0.2) is 5.96 Å². The normalized spacial score (nSPS) is 31.5. The monoisotopic (exact) mass is 297 g/mol. The summed E-state index contributed by atoms with van der Waals surface area (Å²) in [6.07, 6.45) is 1.54. The highest BCUT2D eigenvalue weighted by atomic mass is 16.5. The number of ether oxygens (including phenoxy) is 2. The number of methoxy groups -OCH3 is 1. The third-order valence-electron chi connectivity index (χ3n) is 4.91. The largest absolute Gasteiger partial charge is 0.377 e. The van der Waals surface area contributed by atoms with E-state index in [0.717, 1.165) is 25.5 Å². The average Bonchev–Trinajstić information content (AvgIpc) is 2.88. The van der Waals surface area contributed by atoms with Gasteiger partial charge in [-0.05, 0) is 27.2 Å². The van der Waals surface area contributed by atoms with E-state index in [9.17, 15) is 0 Å². The second-order valence-corrected chi connectivity index (χ2v) is 7.35. The third kappa shape index (κ3) is 3.34. The maximum atomic E-state index is 5.85. The van der Waals surface area contributed by atoms with Crippen LogP contribution in [-0.4, -0.2) is 50.5 Å². The molecule has 2 N–H and O–H groups in total. The Bertz CT molecular complexity index is 393. The van der Waals surface area contributed by atoms with Gasteiger partial charge in [-0.15, -0.1) is 0 Å². The Balaban J connectivity index is 2.01. The molecule has 0 amide bonds. The lowest BCUT2D eigenvalue weighted by molar-refractivity contribution is -0.106. The molecule has 122 valence electrons. The van der Waals surface area contributed by atoms with E-state index in [1.54, 1.807) is 7.11 Å². The lowest BCUT2D eigenvalue weighted by atomic mass is 9.57. The number of hydrogen-bond donors (Lipinski definition) is 2. The Morgan fingerprint density at radius 1 is 1.43 bits per heavy atom. The lowest BCUT2D eigenvalue weighted by Gasteiger charge is -2.55.